The maximum absolute atomic E-state index is 11.4. The van der Waals surface area contributed by atoms with E-state index in [1.54, 1.807) is 0 Å². The quantitative estimate of drug-likeness (QED) is 0.594. The average Bonchev–Trinajstić information content (AvgIpc) is 2.49. The Balaban J connectivity index is 2.24. The highest BCUT2D eigenvalue weighted by atomic mass is 16.6. The van der Waals surface area contributed by atoms with Gasteiger partial charge in [0.2, 0.25) is 11.6 Å². The SMILES string of the molecule is Cc1ccc(Nc2ncnc(NCCC(C)C)c2[N+](=O)[O-])cc1. The third-order valence-corrected chi connectivity index (χ3v) is 3.33. The molecular formula is C16H21N5O2. The Morgan fingerprint density at radius 1 is 1.17 bits per heavy atom. The Morgan fingerprint density at radius 2 is 1.83 bits per heavy atom. The van der Waals surface area contributed by atoms with E-state index in [1.807, 2.05) is 31.2 Å². The standard InChI is InChI=1S/C16H21N5O2/c1-11(2)8-9-17-15-14(21(22)23)16(19-10-18-15)20-13-6-4-12(3)5-7-13/h4-7,10-11H,8-9H2,1-3H3,(H2,17,18,19,20). The minimum Gasteiger partial charge on any atom is -0.364 e. The van der Waals surface area contributed by atoms with Crippen LogP contribution in [-0.4, -0.2) is 21.4 Å². The number of aryl methyl sites for hydroxylation is 1. The van der Waals surface area contributed by atoms with E-state index >= 15 is 0 Å². The van der Waals surface area contributed by atoms with Crippen molar-refractivity contribution in [2.75, 3.05) is 17.2 Å². The molecular weight excluding hydrogens is 294 g/mol. The molecule has 0 radical (unpaired) electrons. The van der Waals surface area contributed by atoms with Crippen LogP contribution in [0.5, 0.6) is 0 Å². The minimum absolute atomic E-state index is 0.142. The number of nitrogens with one attached hydrogen (secondary N) is 2. The maximum Gasteiger partial charge on any atom is 0.353 e. The summed E-state index contributed by atoms with van der Waals surface area (Å²) >= 11 is 0. The molecule has 23 heavy (non-hydrogen) atoms. The Morgan fingerprint density at radius 3 is 2.43 bits per heavy atom. The smallest absolute Gasteiger partial charge is 0.353 e. The molecule has 7 heteroatoms. The summed E-state index contributed by atoms with van der Waals surface area (Å²) in [6.45, 7) is 6.80. The van der Waals surface area contributed by atoms with Crippen LogP contribution < -0.4 is 10.6 Å². The normalized spacial score (nSPS) is 10.6. The molecule has 0 saturated heterocycles. The number of aromatic nitrogens is 2. The number of hydrogen-bond donors (Lipinski definition) is 2. The molecule has 0 aliphatic carbocycles. The van der Waals surface area contributed by atoms with Crippen molar-refractivity contribution in [3.63, 3.8) is 0 Å². The van der Waals surface area contributed by atoms with Crippen molar-refractivity contribution >= 4 is 23.0 Å². The molecule has 0 aliphatic heterocycles. The molecule has 0 unspecified atom stereocenters. The van der Waals surface area contributed by atoms with Crippen LogP contribution in [-0.2, 0) is 0 Å². The van der Waals surface area contributed by atoms with Gasteiger partial charge in [-0.3, -0.25) is 10.1 Å². The van der Waals surface area contributed by atoms with Gasteiger partial charge in [0.05, 0.1) is 4.92 Å². The Labute approximate surface area is 135 Å². The molecule has 1 heterocycles. The number of rotatable bonds is 7. The van der Waals surface area contributed by atoms with Gasteiger partial charge < -0.3 is 10.6 Å². The molecule has 2 N–H and O–H groups in total. The summed E-state index contributed by atoms with van der Waals surface area (Å²) < 4.78 is 0. The lowest BCUT2D eigenvalue weighted by Crippen LogP contribution is -2.10. The van der Waals surface area contributed by atoms with E-state index < -0.39 is 4.92 Å². The summed E-state index contributed by atoms with van der Waals surface area (Å²) in [5, 5.41) is 17.4. The minimum atomic E-state index is -0.464. The number of benzene rings is 1. The molecule has 1 aromatic carbocycles. The third-order valence-electron chi connectivity index (χ3n) is 3.33. The van der Waals surface area contributed by atoms with Crippen LogP contribution in [0.4, 0.5) is 23.0 Å². The molecule has 0 fully saturated rings. The molecule has 7 nitrogen and oxygen atoms in total. The lowest BCUT2D eigenvalue weighted by Gasteiger charge is -2.11. The van der Waals surface area contributed by atoms with Gasteiger partial charge in [-0.1, -0.05) is 31.5 Å². The van der Waals surface area contributed by atoms with E-state index in [2.05, 4.69) is 34.4 Å². The lowest BCUT2D eigenvalue weighted by molar-refractivity contribution is -0.383. The molecule has 2 rings (SSSR count). The average molecular weight is 315 g/mol. The zero-order valence-electron chi connectivity index (χ0n) is 13.5. The van der Waals surface area contributed by atoms with Gasteiger partial charge in [0, 0.05) is 12.2 Å². The summed E-state index contributed by atoms with van der Waals surface area (Å²) in [7, 11) is 0. The zero-order chi connectivity index (χ0) is 16.8. The lowest BCUT2D eigenvalue weighted by atomic mass is 10.1. The van der Waals surface area contributed by atoms with Crippen LogP contribution in [0, 0.1) is 23.0 Å². The van der Waals surface area contributed by atoms with Crippen molar-refractivity contribution in [3.8, 4) is 0 Å². The second-order valence-electron chi connectivity index (χ2n) is 5.78. The van der Waals surface area contributed by atoms with Gasteiger partial charge in [0.25, 0.3) is 0 Å². The Kier molecular flexibility index (Phi) is 5.46. The van der Waals surface area contributed by atoms with Crippen LogP contribution in [0.25, 0.3) is 0 Å². The van der Waals surface area contributed by atoms with E-state index in [9.17, 15) is 10.1 Å². The first-order valence-corrected chi connectivity index (χ1v) is 7.54. The van der Waals surface area contributed by atoms with E-state index in [1.165, 1.54) is 6.33 Å². The molecule has 0 saturated carbocycles. The second-order valence-corrected chi connectivity index (χ2v) is 5.78. The largest absolute Gasteiger partial charge is 0.364 e. The van der Waals surface area contributed by atoms with Crippen LogP contribution >= 0.6 is 0 Å². The van der Waals surface area contributed by atoms with Gasteiger partial charge in [-0.15, -0.1) is 0 Å². The fraction of sp³-hybridized carbons (Fsp3) is 0.375. The summed E-state index contributed by atoms with van der Waals surface area (Å²) in [6.07, 6.45) is 2.23. The van der Waals surface area contributed by atoms with E-state index in [4.69, 9.17) is 0 Å². The number of anilines is 3. The van der Waals surface area contributed by atoms with Crippen molar-refractivity contribution in [1.82, 2.24) is 9.97 Å². The Bertz CT molecular complexity index is 671. The molecule has 0 spiro atoms. The molecule has 0 bridgehead atoms. The van der Waals surface area contributed by atoms with Crippen molar-refractivity contribution in [3.05, 3.63) is 46.3 Å². The highest BCUT2D eigenvalue weighted by molar-refractivity contribution is 5.73. The van der Waals surface area contributed by atoms with Crippen LogP contribution in [0.15, 0.2) is 30.6 Å². The van der Waals surface area contributed by atoms with Gasteiger partial charge >= 0.3 is 5.69 Å². The fourth-order valence-corrected chi connectivity index (χ4v) is 2.03. The predicted molar refractivity (Wildman–Crippen MR) is 91.1 cm³/mol. The topological polar surface area (TPSA) is 93.0 Å². The molecule has 1 aromatic heterocycles. The summed E-state index contributed by atoms with van der Waals surface area (Å²) in [6, 6.07) is 7.56. The first-order chi connectivity index (χ1) is 11.0. The second kappa shape index (κ2) is 7.53. The van der Waals surface area contributed by atoms with E-state index in [-0.39, 0.29) is 17.3 Å². The molecule has 0 amide bonds. The van der Waals surface area contributed by atoms with E-state index in [0.29, 0.717) is 12.5 Å². The van der Waals surface area contributed by atoms with Crippen molar-refractivity contribution in [2.45, 2.75) is 27.2 Å². The summed E-state index contributed by atoms with van der Waals surface area (Å²) in [5.41, 5.74) is 1.71. The molecule has 0 aliphatic rings. The number of nitro groups is 1. The number of hydrogen-bond acceptors (Lipinski definition) is 6. The molecule has 122 valence electrons. The molecule has 0 atom stereocenters. The van der Waals surface area contributed by atoms with Gasteiger partial charge in [-0.2, -0.15) is 0 Å². The maximum atomic E-state index is 11.4. The first-order valence-electron chi connectivity index (χ1n) is 7.54. The van der Waals surface area contributed by atoms with Crippen molar-refractivity contribution < 1.29 is 4.92 Å². The molecule has 2 aromatic rings. The van der Waals surface area contributed by atoms with Crippen LogP contribution in [0.1, 0.15) is 25.8 Å². The fourth-order valence-electron chi connectivity index (χ4n) is 2.03. The van der Waals surface area contributed by atoms with Gasteiger partial charge in [-0.25, -0.2) is 9.97 Å². The van der Waals surface area contributed by atoms with Crippen molar-refractivity contribution in [1.29, 1.82) is 0 Å². The first kappa shape index (κ1) is 16.7. The predicted octanol–water partition coefficient (Wildman–Crippen LogP) is 3.89. The van der Waals surface area contributed by atoms with E-state index in [0.717, 1.165) is 17.7 Å². The highest BCUT2D eigenvalue weighted by Gasteiger charge is 2.22. The van der Waals surface area contributed by atoms with Crippen LogP contribution in [0.3, 0.4) is 0 Å². The summed E-state index contributed by atoms with van der Waals surface area (Å²) in [4.78, 5) is 19.0. The summed E-state index contributed by atoms with van der Waals surface area (Å²) in [5.74, 6) is 0.926. The number of nitrogens with zero attached hydrogens (tertiary/aromatic N) is 3. The van der Waals surface area contributed by atoms with Gasteiger partial charge in [-0.05, 0) is 31.4 Å². The van der Waals surface area contributed by atoms with Crippen molar-refractivity contribution in [2.24, 2.45) is 5.92 Å². The highest BCUT2D eigenvalue weighted by Crippen LogP contribution is 2.31. The zero-order valence-corrected chi connectivity index (χ0v) is 13.5. The van der Waals surface area contributed by atoms with Crippen LogP contribution in [0.2, 0.25) is 0 Å². The Hall–Kier alpha value is -2.70. The van der Waals surface area contributed by atoms with Gasteiger partial charge in [0.15, 0.2) is 0 Å². The monoisotopic (exact) mass is 315 g/mol. The third kappa shape index (κ3) is 4.64. The van der Waals surface area contributed by atoms with Gasteiger partial charge in [0.1, 0.15) is 6.33 Å².